The summed E-state index contributed by atoms with van der Waals surface area (Å²) in [6.45, 7) is 1.51. The average molecular weight is 322 g/mol. The number of carbonyl (C=O) groups is 1. The minimum Gasteiger partial charge on any atom is -0.489 e. The maximum Gasteiger partial charge on any atom is 0.339 e. The molecule has 0 radical (unpaired) electrons. The molecular formula is C16H13ClFNO3. The molecule has 2 aromatic rings. The number of hydrogen-bond acceptors (Lipinski definition) is 3. The molecule has 2 aromatic carbocycles. The molecule has 1 aliphatic rings. The van der Waals surface area contributed by atoms with Crippen molar-refractivity contribution in [3.63, 3.8) is 0 Å². The van der Waals surface area contributed by atoms with Crippen molar-refractivity contribution >= 4 is 23.3 Å². The Bertz CT molecular complexity index is 718. The van der Waals surface area contributed by atoms with Gasteiger partial charge < -0.3 is 14.7 Å². The van der Waals surface area contributed by atoms with Gasteiger partial charge in [0, 0.05) is 11.6 Å². The summed E-state index contributed by atoms with van der Waals surface area (Å²) < 4.78 is 18.5. The van der Waals surface area contributed by atoms with E-state index in [-0.39, 0.29) is 11.4 Å². The van der Waals surface area contributed by atoms with Gasteiger partial charge in [-0.3, -0.25) is 0 Å². The summed E-state index contributed by atoms with van der Waals surface area (Å²) >= 11 is 6.02. The van der Waals surface area contributed by atoms with Crippen LogP contribution in [-0.4, -0.2) is 24.2 Å². The molecule has 0 aliphatic carbocycles. The molecule has 22 heavy (non-hydrogen) atoms. The molecule has 0 atom stereocenters. The Morgan fingerprint density at radius 2 is 2.05 bits per heavy atom. The summed E-state index contributed by atoms with van der Waals surface area (Å²) in [6.07, 6.45) is 0. The normalized spacial score (nSPS) is 13.5. The fourth-order valence-electron chi connectivity index (χ4n) is 2.48. The van der Waals surface area contributed by atoms with Gasteiger partial charge in [-0.05, 0) is 29.8 Å². The number of halogens is 2. The number of anilines is 1. The van der Waals surface area contributed by atoms with E-state index in [1.165, 1.54) is 18.2 Å². The van der Waals surface area contributed by atoms with Crippen LogP contribution in [0.4, 0.5) is 10.1 Å². The van der Waals surface area contributed by atoms with Gasteiger partial charge in [-0.15, -0.1) is 0 Å². The predicted octanol–water partition coefficient (Wildman–Crippen LogP) is 3.58. The fraction of sp³-hybridized carbons (Fsp3) is 0.188. The molecule has 1 aliphatic heterocycles. The molecule has 1 heterocycles. The lowest BCUT2D eigenvalue weighted by Crippen LogP contribution is -2.33. The quantitative estimate of drug-likeness (QED) is 0.939. The van der Waals surface area contributed by atoms with Crippen molar-refractivity contribution in [2.24, 2.45) is 0 Å². The SMILES string of the molecule is O=C(O)c1cc(Cl)cc2c1OCCN2Cc1ccc(F)cc1. The molecule has 1 N–H and O–H groups in total. The van der Waals surface area contributed by atoms with Gasteiger partial charge in [0.25, 0.3) is 0 Å². The molecular weight excluding hydrogens is 309 g/mol. The highest BCUT2D eigenvalue weighted by atomic mass is 35.5. The van der Waals surface area contributed by atoms with Gasteiger partial charge in [0.2, 0.25) is 0 Å². The molecule has 0 unspecified atom stereocenters. The fourth-order valence-corrected chi connectivity index (χ4v) is 2.69. The highest BCUT2D eigenvalue weighted by Crippen LogP contribution is 2.38. The van der Waals surface area contributed by atoms with Crippen molar-refractivity contribution in [2.75, 3.05) is 18.1 Å². The second kappa shape index (κ2) is 5.85. The van der Waals surface area contributed by atoms with Gasteiger partial charge in [-0.2, -0.15) is 0 Å². The second-order valence-electron chi connectivity index (χ2n) is 5.00. The van der Waals surface area contributed by atoms with E-state index < -0.39 is 5.97 Å². The van der Waals surface area contributed by atoms with Crippen LogP contribution in [0.2, 0.25) is 5.02 Å². The summed E-state index contributed by atoms with van der Waals surface area (Å²) in [5.41, 5.74) is 1.61. The molecule has 6 heteroatoms. The largest absolute Gasteiger partial charge is 0.489 e. The zero-order chi connectivity index (χ0) is 15.7. The van der Waals surface area contributed by atoms with Crippen molar-refractivity contribution < 1.29 is 19.0 Å². The summed E-state index contributed by atoms with van der Waals surface area (Å²) in [5.74, 6) is -1.05. The van der Waals surface area contributed by atoms with Crippen LogP contribution in [0, 0.1) is 5.82 Å². The third-order valence-corrected chi connectivity index (χ3v) is 3.72. The van der Waals surface area contributed by atoms with E-state index in [4.69, 9.17) is 16.3 Å². The Balaban J connectivity index is 1.97. The highest BCUT2D eigenvalue weighted by Gasteiger charge is 2.25. The first-order valence-electron chi connectivity index (χ1n) is 6.73. The monoisotopic (exact) mass is 321 g/mol. The Morgan fingerprint density at radius 1 is 1.32 bits per heavy atom. The Kier molecular flexibility index (Phi) is 3.90. The van der Waals surface area contributed by atoms with Crippen molar-refractivity contribution in [3.8, 4) is 5.75 Å². The van der Waals surface area contributed by atoms with Crippen LogP contribution in [0.15, 0.2) is 36.4 Å². The van der Waals surface area contributed by atoms with Gasteiger partial charge in [0.15, 0.2) is 5.75 Å². The van der Waals surface area contributed by atoms with E-state index in [9.17, 15) is 14.3 Å². The van der Waals surface area contributed by atoms with Crippen LogP contribution in [0.25, 0.3) is 0 Å². The first-order valence-corrected chi connectivity index (χ1v) is 7.11. The third-order valence-electron chi connectivity index (χ3n) is 3.50. The van der Waals surface area contributed by atoms with Gasteiger partial charge >= 0.3 is 5.97 Å². The third kappa shape index (κ3) is 2.85. The highest BCUT2D eigenvalue weighted by molar-refractivity contribution is 6.31. The molecule has 0 saturated carbocycles. The lowest BCUT2D eigenvalue weighted by molar-refractivity contribution is 0.0692. The number of carboxylic acids is 1. The number of ether oxygens (including phenoxy) is 1. The van der Waals surface area contributed by atoms with E-state index in [0.29, 0.717) is 36.2 Å². The maximum absolute atomic E-state index is 13.0. The van der Waals surface area contributed by atoms with Crippen molar-refractivity contribution in [1.82, 2.24) is 0 Å². The van der Waals surface area contributed by atoms with E-state index in [2.05, 4.69) is 0 Å². The molecule has 0 fully saturated rings. The second-order valence-corrected chi connectivity index (χ2v) is 5.44. The number of aromatic carboxylic acids is 1. The van der Waals surface area contributed by atoms with Crippen LogP contribution in [0.3, 0.4) is 0 Å². The average Bonchev–Trinajstić information content (AvgIpc) is 2.49. The summed E-state index contributed by atoms with van der Waals surface area (Å²) in [6, 6.07) is 9.27. The summed E-state index contributed by atoms with van der Waals surface area (Å²) in [7, 11) is 0. The number of hydrogen-bond donors (Lipinski definition) is 1. The smallest absolute Gasteiger partial charge is 0.339 e. The predicted molar refractivity (Wildman–Crippen MR) is 81.4 cm³/mol. The van der Waals surface area contributed by atoms with Crippen LogP contribution in [-0.2, 0) is 6.54 Å². The molecule has 114 valence electrons. The topological polar surface area (TPSA) is 49.8 Å². The van der Waals surface area contributed by atoms with Gasteiger partial charge in [0.05, 0.1) is 12.2 Å². The number of carboxylic acid groups (broad SMARTS) is 1. The lowest BCUT2D eigenvalue weighted by Gasteiger charge is -2.32. The maximum atomic E-state index is 13.0. The van der Waals surface area contributed by atoms with E-state index >= 15 is 0 Å². The number of rotatable bonds is 3. The van der Waals surface area contributed by atoms with Gasteiger partial charge in [0.1, 0.15) is 18.0 Å². The van der Waals surface area contributed by atoms with Gasteiger partial charge in [-0.1, -0.05) is 23.7 Å². The lowest BCUT2D eigenvalue weighted by atomic mass is 10.1. The zero-order valence-corrected chi connectivity index (χ0v) is 12.3. The van der Waals surface area contributed by atoms with E-state index in [1.807, 2.05) is 4.90 Å². The Labute approximate surface area is 131 Å². The van der Waals surface area contributed by atoms with Crippen molar-refractivity contribution in [1.29, 1.82) is 0 Å². The molecule has 0 saturated heterocycles. The van der Waals surface area contributed by atoms with E-state index in [0.717, 1.165) is 5.56 Å². The van der Waals surface area contributed by atoms with Gasteiger partial charge in [-0.25, -0.2) is 9.18 Å². The Hall–Kier alpha value is -2.27. The molecule has 0 aromatic heterocycles. The molecule has 4 nitrogen and oxygen atoms in total. The number of fused-ring (bicyclic) bond motifs is 1. The molecule has 0 amide bonds. The summed E-state index contributed by atoms with van der Waals surface area (Å²) in [4.78, 5) is 13.3. The van der Waals surface area contributed by atoms with Crippen LogP contribution >= 0.6 is 11.6 Å². The standard InChI is InChI=1S/C16H13ClFNO3/c17-11-7-13(16(20)21)15-14(8-11)19(5-6-22-15)9-10-1-3-12(18)4-2-10/h1-4,7-8H,5-6,9H2,(H,20,21). The van der Waals surface area contributed by atoms with Crippen molar-refractivity contribution in [2.45, 2.75) is 6.54 Å². The first kappa shape index (κ1) is 14.7. The van der Waals surface area contributed by atoms with E-state index in [1.54, 1.807) is 18.2 Å². The Morgan fingerprint density at radius 3 is 2.73 bits per heavy atom. The first-order chi connectivity index (χ1) is 10.5. The minimum absolute atomic E-state index is 0.0475. The number of benzene rings is 2. The van der Waals surface area contributed by atoms with Crippen LogP contribution in [0.1, 0.15) is 15.9 Å². The summed E-state index contributed by atoms with van der Waals surface area (Å²) in [5, 5.41) is 9.61. The number of nitrogens with zero attached hydrogens (tertiary/aromatic N) is 1. The van der Waals surface area contributed by atoms with Crippen LogP contribution in [0.5, 0.6) is 5.75 Å². The molecule has 0 bridgehead atoms. The van der Waals surface area contributed by atoms with Crippen LogP contribution < -0.4 is 9.64 Å². The molecule has 0 spiro atoms. The molecule has 3 rings (SSSR count). The minimum atomic E-state index is -1.08. The van der Waals surface area contributed by atoms with Crippen molar-refractivity contribution in [3.05, 3.63) is 58.4 Å². The zero-order valence-electron chi connectivity index (χ0n) is 11.6.